The van der Waals surface area contributed by atoms with E-state index in [-0.39, 0.29) is 24.3 Å². The lowest BCUT2D eigenvalue weighted by atomic mass is 10.0. The van der Waals surface area contributed by atoms with Crippen LogP contribution in [0.4, 0.5) is 5.13 Å². The van der Waals surface area contributed by atoms with Crippen molar-refractivity contribution >= 4 is 28.3 Å². The number of carbonyl (C=O) groups excluding carboxylic acids is 2. The number of anilines is 1. The maximum absolute atomic E-state index is 12.3. The van der Waals surface area contributed by atoms with Gasteiger partial charge in [-0.3, -0.25) is 9.59 Å². The second-order valence-electron chi connectivity index (χ2n) is 6.27. The molecule has 1 aliphatic carbocycles. The Balaban J connectivity index is 1.65. The zero-order chi connectivity index (χ0) is 17.1. The van der Waals surface area contributed by atoms with E-state index in [1.807, 2.05) is 36.6 Å². The summed E-state index contributed by atoms with van der Waals surface area (Å²) in [6, 6.07) is 7.50. The number of aryl methyl sites for hydroxylation is 1. The first-order valence-corrected chi connectivity index (χ1v) is 8.98. The number of hydrogen-bond acceptors (Lipinski definition) is 4. The fourth-order valence-electron chi connectivity index (χ4n) is 2.56. The van der Waals surface area contributed by atoms with E-state index in [2.05, 4.69) is 15.6 Å². The van der Waals surface area contributed by atoms with Crippen LogP contribution in [0, 0.1) is 6.92 Å². The third-order valence-corrected chi connectivity index (χ3v) is 4.79. The SMILES string of the molecule is CC(=O)NC(CC(=O)Nc1nc(C2CC2)cs1)c1ccc(C)cc1. The third kappa shape index (κ3) is 4.41. The maximum atomic E-state index is 12.3. The van der Waals surface area contributed by atoms with Gasteiger partial charge in [0.15, 0.2) is 5.13 Å². The minimum atomic E-state index is -0.342. The van der Waals surface area contributed by atoms with Crippen LogP contribution in [-0.2, 0) is 9.59 Å². The minimum Gasteiger partial charge on any atom is -0.349 e. The van der Waals surface area contributed by atoms with Gasteiger partial charge in [-0.2, -0.15) is 0 Å². The molecule has 24 heavy (non-hydrogen) atoms. The summed E-state index contributed by atoms with van der Waals surface area (Å²) in [5.74, 6) is 0.274. The summed E-state index contributed by atoms with van der Waals surface area (Å²) >= 11 is 1.45. The fraction of sp³-hybridized carbons (Fsp3) is 0.389. The van der Waals surface area contributed by atoms with E-state index in [0.29, 0.717) is 11.0 Å². The molecule has 2 aromatic rings. The number of benzene rings is 1. The first-order chi connectivity index (χ1) is 11.5. The molecule has 1 aliphatic rings. The van der Waals surface area contributed by atoms with Crippen LogP contribution in [0.25, 0.3) is 0 Å². The smallest absolute Gasteiger partial charge is 0.228 e. The van der Waals surface area contributed by atoms with E-state index in [1.165, 1.54) is 31.1 Å². The van der Waals surface area contributed by atoms with Crippen LogP contribution in [0.2, 0.25) is 0 Å². The van der Waals surface area contributed by atoms with Crippen molar-refractivity contribution in [1.82, 2.24) is 10.3 Å². The lowest BCUT2D eigenvalue weighted by molar-refractivity contribution is -0.120. The number of nitrogens with zero attached hydrogens (tertiary/aromatic N) is 1. The standard InChI is InChI=1S/C18H21N3O2S/c1-11-3-5-13(6-4-11)15(19-12(2)22)9-17(23)21-18-20-16(10-24-18)14-7-8-14/h3-6,10,14-15H,7-9H2,1-2H3,(H,19,22)(H,20,21,23). The number of hydrogen-bond donors (Lipinski definition) is 2. The number of amides is 2. The quantitative estimate of drug-likeness (QED) is 0.843. The third-order valence-electron chi connectivity index (χ3n) is 4.01. The predicted molar refractivity (Wildman–Crippen MR) is 95.1 cm³/mol. The highest BCUT2D eigenvalue weighted by molar-refractivity contribution is 7.13. The van der Waals surface area contributed by atoms with E-state index in [9.17, 15) is 9.59 Å². The molecule has 0 saturated heterocycles. The molecule has 126 valence electrons. The molecule has 2 N–H and O–H groups in total. The lowest BCUT2D eigenvalue weighted by Gasteiger charge is -2.18. The van der Waals surface area contributed by atoms with Gasteiger partial charge in [-0.15, -0.1) is 11.3 Å². The van der Waals surface area contributed by atoms with Gasteiger partial charge in [0.2, 0.25) is 11.8 Å². The summed E-state index contributed by atoms with van der Waals surface area (Å²) in [6.07, 6.45) is 2.56. The summed E-state index contributed by atoms with van der Waals surface area (Å²) in [7, 11) is 0. The minimum absolute atomic E-state index is 0.147. The largest absolute Gasteiger partial charge is 0.349 e. The lowest BCUT2D eigenvalue weighted by Crippen LogP contribution is -2.29. The van der Waals surface area contributed by atoms with Crippen LogP contribution in [0.3, 0.4) is 0 Å². The van der Waals surface area contributed by atoms with Crippen LogP contribution in [0.5, 0.6) is 0 Å². The van der Waals surface area contributed by atoms with Crippen molar-refractivity contribution in [2.45, 2.75) is 45.1 Å². The van der Waals surface area contributed by atoms with Gasteiger partial charge < -0.3 is 10.6 Å². The Kier molecular flexibility index (Phi) is 4.94. The Bertz CT molecular complexity index is 735. The highest BCUT2D eigenvalue weighted by Crippen LogP contribution is 2.40. The second-order valence-corrected chi connectivity index (χ2v) is 7.13. The Morgan fingerprint density at radius 1 is 1.29 bits per heavy atom. The van der Waals surface area contributed by atoms with Gasteiger partial charge in [-0.25, -0.2) is 4.98 Å². The van der Waals surface area contributed by atoms with Crippen molar-refractivity contribution in [2.24, 2.45) is 0 Å². The summed E-state index contributed by atoms with van der Waals surface area (Å²) < 4.78 is 0. The molecule has 2 amide bonds. The molecule has 1 unspecified atom stereocenters. The first kappa shape index (κ1) is 16.6. The molecule has 1 aromatic carbocycles. The van der Waals surface area contributed by atoms with Crippen molar-refractivity contribution in [3.8, 4) is 0 Å². The van der Waals surface area contributed by atoms with Gasteiger partial charge in [0.1, 0.15) is 0 Å². The Morgan fingerprint density at radius 3 is 2.62 bits per heavy atom. The highest BCUT2D eigenvalue weighted by atomic mass is 32.1. The first-order valence-electron chi connectivity index (χ1n) is 8.10. The number of aromatic nitrogens is 1. The average molecular weight is 343 g/mol. The van der Waals surface area contributed by atoms with Crippen LogP contribution in [0.1, 0.15) is 55.0 Å². The Morgan fingerprint density at radius 2 is 2.00 bits per heavy atom. The van der Waals surface area contributed by atoms with Crippen LogP contribution < -0.4 is 10.6 Å². The fourth-order valence-corrected chi connectivity index (χ4v) is 3.37. The average Bonchev–Trinajstić information content (AvgIpc) is 3.27. The molecule has 1 aromatic heterocycles. The highest BCUT2D eigenvalue weighted by Gasteiger charge is 2.26. The Hall–Kier alpha value is -2.21. The summed E-state index contributed by atoms with van der Waals surface area (Å²) in [6.45, 7) is 3.46. The number of nitrogens with one attached hydrogen (secondary N) is 2. The van der Waals surface area contributed by atoms with Crippen molar-refractivity contribution < 1.29 is 9.59 Å². The van der Waals surface area contributed by atoms with Crippen LogP contribution in [-0.4, -0.2) is 16.8 Å². The number of carbonyl (C=O) groups is 2. The van der Waals surface area contributed by atoms with Crippen molar-refractivity contribution in [3.63, 3.8) is 0 Å². The van der Waals surface area contributed by atoms with Gasteiger partial charge in [0, 0.05) is 18.2 Å². The molecule has 1 heterocycles. The topological polar surface area (TPSA) is 71.1 Å². The summed E-state index contributed by atoms with van der Waals surface area (Å²) in [5, 5.41) is 8.34. The van der Waals surface area contributed by atoms with Crippen LogP contribution in [0.15, 0.2) is 29.6 Å². The maximum Gasteiger partial charge on any atom is 0.228 e. The van der Waals surface area contributed by atoms with E-state index in [4.69, 9.17) is 0 Å². The molecular formula is C18H21N3O2S. The normalized spacial score (nSPS) is 14.9. The predicted octanol–water partition coefficient (Wildman–Crippen LogP) is 3.53. The van der Waals surface area contributed by atoms with E-state index in [0.717, 1.165) is 16.8 Å². The molecule has 5 nitrogen and oxygen atoms in total. The van der Waals surface area contributed by atoms with Crippen LogP contribution >= 0.6 is 11.3 Å². The monoisotopic (exact) mass is 343 g/mol. The zero-order valence-electron chi connectivity index (χ0n) is 13.8. The van der Waals surface area contributed by atoms with E-state index < -0.39 is 0 Å². The molecule has 3 rings (SSSR count). The zero-order valence-corrected chi connectivity index (χ0v) is 14.7. The molecule has 6 heteroatoms. The van der Waals surface area contributed by atoms with E-state index in [1.54, 1.807) is 0 Å². The van der Waals surface area contributed by atoms with Gasteiger partial charge in [-0.1, -0.05) is 29.8 Å². The summed E-state index contributed by atoms with van der Waals surface area (Å²) in [5.41, 5.74) is 3.14. The van der Waals surface area contributed by atoms with Crippen molar-refractivity contribution in [3.05, 3.63) is 46.5 Å². The summed E-state index contributed by atoms with van der Waals surface area (Å²) in [4.78, 5) is 28.3. The number of thiazole rings is 1. The molecule has 1 atom stereocenters. The molecule has 1 fully saturated rings. The molecule has 0 aliphatic heterocycles. The van der Waals surface area contributed by atoms with Gasteiger partial charge in [-0.05, 0) is 25.3 Å². The molecule has 0 radical (unpaired) electrons. The number of rotatable bonds is 6. The van der Waals surface area contributed by atoms with Gasteiger partial charge in [0.05, 0.1) is 18.2 Å². The van der Waals surface area contributed by atoms with Crippen molar-refractivity contribution in [2.75, 3.05) is 5.32 Å². The molecule has 0 bridgehead atoms. The second kappa shape index (κ2) is 7.13. The van der Waals surface area contributed by atoms with E-state index >= 15 is 0 Å². The molecule has 0 spiro atoms. The van der Waals surface area contributed by atoms with Crippen molar-refractivity contribution in [1.29, 1.82) is 0 Å². The van der Waals surface area contributed by atoms with Gasteiger partial charge in [0.25, 0.3) is 0 Å². The molecular weight excluding hydrogens is 322 g/mol. The molecule has 1 saturated carbocycles. The Labute approximate surface area is 145 Å². The van der Waals surface area contributed by atoms with Gasteiger partial charge >= 0.3 is 0 Å².